The molecule has 0 saturated heterocycles. The molecule has 0 fully saturated rings. The first kappa shape index (κ1) is 16.4. The molecule has 1 aliphatic heterocycles. The summed E-state index contributed by atoms with van der Waals surface area (Å²) in [5, 5.41) is 0. The van der Waals surface area contributed by atoms with Crippen LogP contribution in [-0.4, -0.2) is 23.9 Å². The van der Waals surface area contributed by atoms with Crippen LogP contribution in [0.1, 0.15) is 41.0 Å². The molecule has 0 amide bonds. The molecule has 5 nitrogen and oxygen atoms in total. The van der Waals surface area contributed by atoms with Gasteiger partial charge in [-0.2, -0.15) is 0 Å². The van der Waals surface area contributed by atoms with Gasteiger partial charge >= 0.3 is 5.97 Å². The lowest BCUT2D eigenvalue weighted by molar-refractivity contribution is -0.180. The molecule has 0 saturated carbocycles. The van der Waals surface area contributed by atoms with E-state index in [1.54, 1.807) is 32.2 Å². The molecule has 0 aliphatic carbocycles. The Bertz CT molecular complexity index is 771. The quantitative estimate of drug-likeness (QED) is 0.808. The van der Waals surface area contributed by atoms with Crippen LogP contribution >= 0.6 is 0 Å². The van der Waals surface area contributed by atoms with Crippen molar-refractivity contribution in [3.05, 3.63) is 58.7 Å². The second kappa shape index (κ2) is 6.20. The van der Waals surface area contributed by atoms with Crippen LogP contribution in [0.25, 0.3) is 0 Å². The first-order valence-electron chi connectivity index (χ1n) is 7.56. The van der Waals surface area contributed by atoms with E-state index >= 15 is 0 Å². The molecule has 2 aromatic rings. The predicted molar refractivity (Wildman–Crippen MR) is 84.3 cm³/mol. The van der Waals surface area contributed by atoms with Gasteiger partial charge in [-0.3, -0.25) is 0 Å². The van der Waals surface area contributed by atoms with Crippen LogP contribution in [0, 0.1) is 5.82 Å². The standard InChI is InChI=1S/C18H18FNO4/c1-18(2)23-10-14-12(8-11-4-6-13(19)7-5-11)9-20-15(16(14)24-18)17(21)22-3/h4-7,9H,8,10H2,1-3H3. The zero-order valence-electron chi connectivity index (χ0n) is 13.8. The van der Waals surface area contributed by atoms with Gasteiger partial charge in [0.2, 0.25) is 5.79 Å². The Morgan fingerprint density at radius 3 is 2.71 bits per heavy atom. The highest BCUT2D eigenvalue weighted by atomic mass is 19.1. The second-order valence-corrected chi connectivity index (χ2v) is 6.03. The molecular weight excluding hydrogens is 313 g/mol. The lowest BCUT2D eigenvalue weighted by Crippen LogP contribution is -2.37. The number of benzene rings is 1. The fourth-order valence-corrected chi connectivity index (χ4v) is 2.57. The SMILES string of the molecule is COC(=O)c1ncc(Cc2ccc(F)cc2)c2c1OC(C)(C)OC2. The number of hydrogen-bond donors (Lipinski definition) is 0. The van der Waals surface area contributed by atoms with Crippen LogP contribution < -0.4 is 4.74 Å². The average Bonchev–Trinajstić information content (AvgIpc) is 2.55. The highest BCUT2D eigenvalue weighted by Gasteiger charge is 2.33. The van der Waals surface area contributed by atoms with Crippen molar-refractivity contribution in [1.82, 2.24) is 4.98 Å². The van der Waals surface area contributed by atoms with Gasteiger partial charge in [0.05, 0.1) is 13.7 Å². The van der Waals surface area contributed by atoms with E-state index in [-0.39, 0.29) is 11.5 Å². The number of pyridine rings is 1. The van der Waals surface area contributed by atoms with Gasteiger partial charge in [0, 0.05) is 25.6 Å². The van der Waals surface area contributed by atoms with Crippen molar-refractivity contribution in [2.45, 2.75) is 32.7 Å². The van der Waals surface area contributed by atoms with Crippen molar-refractivity contribution in [1.29, 1.82) is 0 Å². The summed E-state index contributed by atoms with van der Waals surface area (Å²) in [6, 6.07) is 6.25. The van der Waals surface area contributed by atoms with Gasteiger partial charge in [-0.05, 0) is 29.7 Å². The lowest BCUT2D eigenvalue weighted by Gasteiger charge is -2.34. The molecule has 0 atom stereocenters. The number of methoxy groups -OCH3 is 1. The van der Waals surface area contributed by atoms with Crippen molar-refractivity contribution in [2.24, 2.45) is 0 Å². The second-order valence-electron chi connectivity index (χ2n) is 6.03. The Kier molecular flexibility index (Phi) is 4.24. The number of carbonyl (C=O) groups is 1. The minimum absolute atomic E-state index is 0.131. The highest BCUT2D eigenvalue weighted by Crippen LogP contribution is 2.36. The first-order valence-corrected chi connectivity index (χ1v) is 7.56. The molecule has 6 heteroatoms. The van der Waals surface area contributed by atoms with Crippen LogP contribution in [0.2, 0.25) is 0 Å². The Balaban J connectivity index is 2.02. The highest BCUT2D eigenvalue weighted by molar-refractivity contribution is 5.91. The molecule has 0 radical (unpaired) electrons. The van der Waals surface area contributed by atoms with Crippen molar-refractivity contribution in [3.8, 4) is 5.75 Å². The average molecular weight is 331 g/mol. The summed E-state index contributed by atoms with van der Waals surface area (Å²) in [6.07, 6.45) is 2.14. The zero-order valence-corrected chi connectivity index (χ0v) is 13.8. The Morgan fingerprint density at radius 1 is 1.33 bits per heavy atom. The summed E-state index contributed by atoms with van der Waals surface area (Å²) < 4.78 is 29.4. The number of nitrogens with zero attached hydrogens (tertiary/aromatic N) is 1. The molecule has 0 N–H and O–H groups in total. The maximum atomic E-state index is 13.1. The fourth-order valence-electron chi connectivity index (χ4n) is 2.57. The van der Waals surface area contributed by atoms with Crippen molar-refractivity contribution in [3.63, 3.8) is 0 Å². The number of rotatable bonds is 3. The van der Waals surface area contributed by atoms with E-state index in [1.165, 1.54) is 19.2 Å². The Hall–Kier alpha value is -2.47. The van der Waals surface area contributed by atoms with E-state index in [1.807, 2.05) is 0 Å². The summed E-state index contributed by atoms with van der Waals surface area (Å²) in [6.45, 7) is 3.83. The van der Waals surface area contributed by atoms with Gasteiger partial charge in [0.1, 0.15) is 5.82 Å². The van der Waals surface area contributed by atoms with Gasteiger partial charge in [-0.15, -0.1) is 0 Å². The van der Waals surface area contributed by atoms with Gasteiger partial charge in [-0.25, -0.2) is 14.2 Å². The van der Waals surface area contributed by atoms with Gasteiger partial charge in [0.15, 0.2) is 11.4 Å². The third-order valence-corrected chi connectivity index (χ3v) is 3.82. The number of carbonyl (C=O) groups excluding carboxylic acids is 1. The number of fused-ring (bicyclic) bond motifs is 1. The van der Waals surface area contributed by atoms with Crippen molar-refractivity contribution < 1.29 is 23.4 Å². The molecule has 1 aliphatic rings. The van der Waals surface area contributed by atoms with Crippen LogP contribution in [-0.2, 0) is 22.5 Å². The van der Waals surface area contributed by atoms with Gasteiger partial charge in [-0.1, -0.05) is 12.1 Å². The molecule has 0 bridgehead atoms. The van der Waals surface area contributed by atoms with E-state index in [0.717, 1.165) is 16.7 Å². The molecule has 3 rings (SSSR count). The summed E-state index contributed by atoms with van der Waals surface area (Å²) in [4.78, 5) is 16.2. The lowest BCUT2D eigenvalue weighted by atomic mass is 9.99. The largest absolute Gasteiger partial charge is 0.464 e. The molecule has 0 spiro atoms. The molecule has 2 heterocycles. The number of hydrogen-bond acceptors (Lipinski definition) is 5. The topological polar surface area (TPSA) is 57.7 Å². The fraction of sp³-hybridized carbons (Fsp3) is 0.333. The van der Waals surface area contributed by atoms with Crippen LogP contribution in [0.15, 0.2) is 30.5 Å². The van der Waals surface area contributed by atoms with Crippen LogP contribution in [0.4, 0.5) is 4.39 Å². The van der Waals surface area contributed by atoms with Gasteiger partial charge < -0.3 is 14.2 Å². The first-order chi connectivity index (χ1) is 11.4. The van der Waals surface area contributed by atoms with E-state index in [4.69, 9.17) is 14.2 Å². The summed E-state index contributed by atoms with van der Waals surface area (Å²) in [7, 11) is 1.30. The third-order valence-electron chi connectivity index (χ3n) is 3.82. The molecule has 0 unspecified atom stereocenters. The monoisotopic (exact) mass is 331 g/mol. The smallest absolute Gasteiger partial charge is 0.360 e. The van der Waals surface area contributed by atoms with Gasteiger partial charge in [0.25, 0.3) is 0 Å². The zero-order chi connectivity index (χ0) is 17.3. The Morgan fingerprint density at radius 2 is 2.04 bits per heavy atom. The Labute approximate surface area is 139 Å². The van der Waals surface area contributed by atoms with Crippen LogP contribution in [0.3, 0.4) is 0 Å². The molecular formula is C18H18FNO4. The summed E-state index contributed by atoms with van der Waals surface area (Å²) in [5.74, 6) is -1.31. The number of halogens is 1. The molecule has 24 heavy (non-hydrogen) atoms. The molecule has 1 aromatic heterocycles. The van der Waals surface area contributed by atoms with E-state index in [9.17, 15) is 9.18 Å². The number of esters is 1. The summed E-state index contributed by atoms with van der Waals surface area (Å²) >= 11 is 0. The predicted octanol–water partition coefficient (Wildman–Crippen LogP) is 3.24. The minimum Gasteiger partial charge on any atom is -0.464 e. The maximum Gasteiger partial charge on any atom is 0.360 e. The van der Waals surface area contributed by atoms with Crippen LogP contribution in [0.5, 0.6) is 5.75 Å². The van der Waals surface area contributed by atoms with Crippen molar-refractivity contribution >= 4 is 5.97 Å². The molecule has 126 valence electrons. The van der Waals surface area contributed by atoms with E-state index in [2.05, 4.69) is 4.98 Å². The maximum absolute atomic E-state index is 13.1. The third kappa shape index (κ3) is 3.23. The van der Waals surface area contributed by atoms with E-state index < -0.39 is 11.8 Å². The van der Waals surface area contributed by atoms with Crippen molar-refractivity contribution in [2.75, 3.05) is 7.11 Å². The molecule has 1 aromatic carbocycles. The normalized spacial score (nSPS) is 15.3. The van der Waals surface area contributed by atoms with E-state index in [0.29, 0.717) is 18.8 Å². The minimum atomic E-state index is -0.855. The number of ether oxygens (including phenoxy) is 3. The summed E-state index contributed by atoms with van der Waals surface area (Å²) in [5.41, 5.74) is 2.68. The number of aromatic nitrogens is 1.